The lowest BCUT2D eigenvalue weighted by Gasteiger charge is -2.25. The van der Waals surface area contributed by atoms with Gasteiger partial charge in [0.15, 0.2) is 0 Å². The van der Waals surface area contributed by atoms with Crippen molar-refractivity contribution < 1.29 is 0 Å². The lowest BCUT2D eigenvalue weighted by atomic mass is 10.1. The van der Waals surface area contributed by atoms with Gasteiger partial charge in [0, 0.05) is 24.7 Å². The van der Waals surface area contributed by atoms with Gasteiger partial charge in [-0.1, -0.05) is 60.1 Å². The van der Waals surface area contributed by atoms with Crippen molar-refractivity contribution in [3.8, 4) is 5.69 Å². The maximum absolute atomic E-state index is 6.61. The number of aryl methyl sites for hydroxylation is 1. The molecular formula is C21H25ClN4. The van der Waals surface area contributed by atoms with Crippen LogP contribution in [0.4, 0.5) is 0 Å². The van der Waals surface area contributed by atoms with Gasteiger partial charge in [0.2, 0.25) is 0 Å². The van der Waals surface area contributed by atoms with E-state index in [9.17, 15) is 0 Å². The minimum absolute atomic E-state index is 0.305. The summed E-state index contributed by atoms with van der Waals surface area (Å²) in [5.74, 6) is 0. The Morgan fingerprint density at radius 1 is 1.04 bits per heavy atom. The van der Waals surface area contributed by atoms with Gasteiger partial charge >= 0.3 is 0 Å². The van der Waals surface area contributed by atoms with Crippen LogP contribution in [0.25, 0.3) is 5.69 Å². The smallest absolute Gasteiger partial charge is 0.137 e. The third kappa shape index (κ3) is 4.15. The standard InChI is InChI=1S/C21H25ClN4/c1-16-19(21(22)26(24-16)18-12-8-5-9-13-18)14-23-15-20(25(2)3)17-10-6-4-7-11-17/h4-13,20,23H,14-15H2,1-3H3/t20-/m1/s1. The lowest BCUT2D eigenvalue weighted by Crippen LogP contribution is -2.30. The molecule has 0 aliphatic rings. The molecule has 0 fully saturated rings. The van der Waals surface area contributed by atoms with E-state index in [0.29, 0.717) is 17.7 Å². The molecule has 0 radical (unpaired) electrons. The Kier molecular flexibility index (Phi) is 6.09. The summed E-state index contributed by atoms with van der Waals surface area (Å²) < 4.78 is 1.80. The van der Waals surface area contributed by atoms with Crippen molar-refractivity contribution >= 4 is 11.6 Å². The molecule has 0 bridgehead atoms. The average Bonchev–Trinajstić information content (AvgIpc) is 2.94. The van der Waals surface area contributed by atoms with E-state index in [2.05, 4.69) is 53.7 Å². The average molecular weight is 369 g/mol. The van der Waals surface area contributed by atoms with Gasteiger partial charge in [-0.2, -0.15) is 5.10 Å². The molecule has 3 rings (SSSR count). The summed E-state index contributed by atoms with van der Waals surface area (Å²) >= 11 is 6.61. The van der Waals surface area contributed by atoms with Gasteiger partial charge in [-0.15, -0.1) is 0 Å². The van der Waals surface area contributed by atoms with Gasteiger partial charge in [0.1, 0.15) is 5.15 Å². The van der Waals surface area contributed by atoms with E-state index in [-0.39, 0.29) is 0 Å². The molecule has 0 saturated carbocycles. The Morgan fingerprint density at radius 2 is 1.65 bits per heavy atom. The summed E-state index contributed by atoms with van der Waals surface area (Å²) in [5, 5.41) is 8.82. The van der Waals surface area contributed by atoms with Crippen molar-refractivity contribution in [2.45, 2.75) is 19.5 Å². The summed E-state index contributed by atoms with van der Waals surface area (Å²) in [4.78, 5) is 2.23. The van der Waals surface area contributed by atoms with Crippen LogP contribution in [-0.2, 0) is 6.54 Å². The fraction of sp³-hybridized carbons (Fsp3) is 0.286. The van der Waals surface area contributed by atoms with Crippen LogP contribution in [0, 0.1) is 6.92 Å². The van der Waals surface area contributed by atoms with Crippen LogP contribution >= 0.6 is 11.6 Å². The van der Waals surface area contributed by atoms with Crippen LogP contribution in [0.5, 0.6) is 0 Å². The van der Waals surface area contributed by atoms with Crippen LogP contribution in [-0.4, -0.2) is 35.3 Å². The minimum atomic E-state index is 0.305. The molecule has 0 spiro atoms. The predicted octanol–water partition coefficient (Wildman–Crippen LogP) is 4.23. The van der Waals surface area contributed by atoms with Gasteiger partial charge < -0.3 is 10.2 Å². The first-order valence-electron chi connectivity index (χ1n) is 8.79. The second-order valence-electron chi connectivity index (χ2n) is 6.62. The van der Waals surface area contributed by atoms with Gasteiger partial charge in [0.25, 0.3) is 0 Å². The molecule has 0 unspecified atom stereocenters. The van der Waals surface area contributed by atoms with E-state index in [0.717, 1.165) is 23.5 Å². The van der Waals surface area contributed by atoms with Crippen molar-refractivity contribution in [3.63, 3.8) is 0 Å². The van der Waals surface area contributed by atoms with Crippen molar-refractivity contribution in [1.82, 2.24) is 20.0 Å². The third-order valence-corrected chi connectivity index (χ3v) is 4.96. The zero-order valence-electron chi connectivity index (χ0n) is 15.5. The van der Waals surface area contributed by atoms with E-state index in [1.165, 1.54) is 5.56 Å². The normalized spacial score (nSPS) is 12.5. The second-order valence-corrected chi connectivity index (χ2v) is 6.98. The molecule has 5 heteroatoms. The van der Waals surface area contributed by atoms with Crippen LogP contribution in [0.2, 0.25) is 5.15 Å². The molecule has 1 N–H and O–H groups in total. The highest BCUT2D eigenvalue weighted by Gasteiger charge is 2.17. The number of likely N-dealkylation sites (N-methyl/N-ethyl adjacent to an activating group) is 1. The Labute approximate surface area is 160 Å². The van der Waals surface area contributed by atoms with Gasteiger partial charge in [-0.05, 0) is 38.7 Å². The van der Waals surface area contributed by atoms with Crippen molar-refractivity contribution in [2.24, 2.45) is 0 Å². The fourth-order valence-electron chi connectivity index (χ4n) is 3.08. The first kappa shape index (κ1) is 18.6. The van der Waals surface area contributed by atoms with Gasteiger partial charge in [0.05, 0.1) is 11.4 Å². The number of halogens is 1. The molecule has 136 valence electrons. The monoisotopic (exact) mass is 368 g/mol. The summed E-state index contributed by atoms with van der Waals surface area (Å²) in [6.45, 7) is 3.53. The van der Waals surface area contributed by atoms with E-state index in [4.69, 9.17) is 11.6 Å². The number of rotatable bonds is 7. The van der Waals surface area contributed by atoms with Crippen LogP contribution in [0.15, 0.2) is 60.7 Å². The number of benzene rings is 2. The molecular weight excluding hydrogens is 344 g/mol. The number of nitrogens with one attached hydrogen (secondary N) is 1. The molecule has 26 heavy (non-hydrogen) atoms. The van der Waals surface area contributed by atoms with Crippen molar-refractivity contribution in [2.75, 3.05) is 20.6 Å². The highest BCUT2D eigenvalue weighted by Crippen LogP contribution is 2.24. The molecule has 0 saturated heterocycles. The number of para-hydroxylation sites is 1. The summed E-state index contributed by atoms with van der Waals surface area (Å²) in [5.41, 5.74) is 4.27. The minimum Gasteiger partial charge on any atom is -0.311 e. The van der Waals surface area contributed by atoms with Crippen molar-refractivity contribution in [3.05, 3.63) is 82.6 Å². The number of hydrogen-bond donors (Lipinski definition) is 1. The third-order valence-electron chi connectivity index (χ3n) is 4.57. The molecule has 0 aliphatic carbocycles. The van der Waals surface area contributed by atoms with Gasteiger partial charge in [-0.25, -0.2) is 4.68 Å². The fourth-order valence-corrected chi connectivity index (χ4v) is 3.42. The molecule has 0 aliphatic heterocycles. The Bertz CT molecular complexity index is 828. The number of aromatic nitrogens is 2. The summed E-state index contributed by atoms with van der Waals surface area (Å²) in [6, 6.07) is 20.8. The Balaban J connectivity index is 1.71. The molecule has 1 atom stereocenters. The molecule has 4 nitrogen and oxygen atoms in total. The zero-order chi connectivity index (χ0) is 18.5. The summed E-state index contributed by atoms with van der Waals surface area (Å²) in [6.07, 6.45) is 0. The van der Waals surface area contributed by atoms with E-state index < -0.39 is 0 Å². The first-order valence-corrected chi connectivity index (χ1v) is 9.17. The van der Waals surface area contributed by atoms with Crippen LogP contribution in [0.3, 0.4) is 0 Å². The number of nitrogens with zero attached hydrogens (tertiary/aromatic N) is 3. The van der Waals surface area contributed by atoms with E-state index >= 15 is 0 Å². The predicted molar refractivity (Wildman–Crippen MR) is 108 cm³/mol. The highest BCUT2D eigenvalue weighted by atomic mass is 35.5. The maximum atomic E-state index is 6.61. The second kappa shape index (κ2) is 8.49. The van der Waals surface area contributed by atoms with Gasteiger partial charge in [-0.3, -0.25) is 0 Å². The largest absolute Gasteiger partial charge is 0.311 e. The molecule has 0 amide bonds. The van der Waals surface area contributed by atoms with E-state index in [1.807, 2.05) is 43.3 Å². The van der Waals surface area contributed by atoms with E-state index in [1.54, 1.807) is 4.68 Å². The van der Waals surface area contributed by atoms with Crippen LogP contribution in [0.1, 0.15) is 22.9 Å². The zero-order valence-corrected chi connectivity index (χ0v) is 16.2. The SMILES string of the molecule is Cc1nn(-c2ccccc2)c(Cl)c1CNC[C@H](c1ccccc1)N(C)C. The lowest BCUT2D eigenvalue weighted by molar-refractivity contribution is 0.288. The first-order chi connectivity index (χ1) is 12.6. The van der Waals surface area contributed by atoms with Crippen molar-refractivity contribution in [1.29, 1.82) is 0 Å². The highest BCUT2D eigenvalue weighted by molar-refractivity contribution is 6.30. The topological polar surface area (TPSA) is 33.1 Å². The molecule has 1 heterocycles. The summed E-state index contributed by atoms with van der Waals surface area (Å²) in [7, 11) is 4.20. The molecule has 1 aromatic heterocycles. The molecule has 3 aromatic rings. The quantitative estimate of drug-likeness (QED) is 0.677. The Morgan fingerprint density at radius 3 is 2.27 bits per heavy atom. The number of hydrogen-bond acceptors (Lipinski definition) is 3. The van der Waals surface area contributed by atoms with Crippen LogP contribution < -0.4 is 5.32 Å². The Hall–Kier alpha value is -2.14. The molecule has 2 aromatic carbocycles. The maximum Gasteiger partial charge on any atom is 0.137 e.